The Balaban J connectivity index is 1.41. The van der Waals surface area contributed by atoms with E-state index < -0.39 is 0 Å². The molecule has 0 aromatic heterocycles. The number of carbonyl (C=O) groups is 2. The second kappa shape index (κ2) is 7.60. The van der Waals surface area contributed by atoms with E-state index in [4.69, 9.17) is 4.74 Å². The number of hydrogen-bond donors (Lipinski definition) is 0. The second-order valence-electron chi connectivity index (χ2n) is 6.58. The number of benzene rings is 2. The van der Waals surface area contributed by atoms with Crippen LogP contribution in [0, 0.1) is 0 Å². The summed E-state index contributed by atoms with van der Waals surface area (Å²) in [6, 6.07) is 15.7. The van der Waals surface area contributed by atoms with Gasteiger partial charge in [0.25, 0.3) is 5.91 Å². The molecule has 2 aliphatic rings. The van der Waals surface area contributed by atoms with E-state index in [9.17, 15) is 9.59 Å². The number of nitrogens with zero attached hydrogens (tertiary/aromatic N) is 3. The molecular formula is C20H20BrN3O3. The number of amides is 2. The summed E-state index contributed by atoms with van der Waals surface area (Å²) in [5, 5.41) is 0. The summed E-state index contributed by atoms with van der Waals surface area (Å²) < 4.78 is 6.36. The van der Waals surface area contributed by atoms with Gasteiger partial charge in [-0.1, -0.05) is 34.1 Å². The van der Waals surface area contributed by atoms with Gasteiger partial charge < -0.3 is 14.5 Å². The Kier molecular flexibility index (Phi) is 5.03. The first-order chi connectivity index (χ1) is 13.1. The van der Waals surface area contributed by atoms with Crippen LogP contribution in [0.2, 0.25) is 0 Å². The number of fused-ring (bicyclic) bond motifs is 1. The van der Waals surface area contributed by atoms with E-state index in [1.54, 1.807) is 6.07 Å². The topological polar surface area (TPSA) is 53.1 Å². The van der Waals surface area contributed by atoms with E-state index in [2.05, 4.69) is 33.0 Å². The van der Waals surface area contributed by atoms with E-state index in [0.29, 0.717) is 24.5 Å². The summed E-state index contributed by atoms with van der Waals surface area (Å²) in [4.78, 5) is 30.7. The summed E-state index contributed by atoms with van der Waals surface area (Å²) in [6.07, 6.45) is 0. The Morgan fingerprint density at radius 3 is 2.52 bits per heavy atom. The van der Waals surface area contributed by atoms with Crippen LogP contribution in [0.25, 0.3) is 0 Å². The fourth-order valence-electron chi connectivity index (χ4n) is 3.44. The lowest BCUT2D eigenvalue weighted by atomic mass is 10.2. The SMILES string of the molecule is O=C(CN1C(=O)COc2cc(Br)ccc21)N1CCN(c2ccccc2)CC1. The summed E-state index contributed by atoms with van der Waals surface area (Å²) in [6.45, 7) is 2.88. The summed E-state index contributed by atoms with van der Waals surface area (Å²) in [7, 11) is 0. The maximum absolute atomic E-state index is 12.8. The number of hydrogen-bond acceptors (Lipinski definition) is 4. The van der Waals surface area contributed by atoms with Gasteiger partial charge in [-0.2, -0.15) is 0 Å². The predicted octanol–water partition coefficient (Wildman–Crippen LogP) is 2.52. The van der Waals surface area contributed by atoms with E-state index in [-0.39, 0.29) is 25.0 Å². The Bertz CT molecular complexity index is 851. The standard InChI is InChI=1S/C20H20BrN3O3/c21-15-6-7-17-18(12-15)27-14-20(26)24(17)13-19(25)23-10-8-22(9-11-23)16-4-2-1-3-5-16/h1-7,12H,8-11,13-14H2. The zero-order chi connectivity index (χ0) is 18.8. The van der Waals surface area contributed by atoms with Gasteiger partial charge in [-0.25, -0.2) is 0 Å². The lowest BCUT2D eigenvalue weighted by Crippen LogP contribution is -2.53. The third-order valence-corrected chi connectivity index (χ3v) is 5.41. The van der Waals surface area contributed by atoms with Crippen LogP contribution < -0.4 is 14.5 Å². The van der Waals surface area contributed by atoms with Crippen molar-refractivity contribution in [3.05, 3.63) is 53.0 Å². The molecule has 2 aromatic carbocycles. The number of piperazine rings is 1. The van der Waals surface area contributed by atoms with Gasteiger partial charge in [0.2, 0.25) is 5.91 Å². The van der Waals surface area contributed by atoms with Crippen molar-refractivity contribution in [2.45, 2.75) is 0 Å². The molecule has 2 amide bonds. The normalized spacial score (nSPS) is 16.8. The molecule has 0 unspecified atom stereocenters. The van der Waals surface area contributed by atoms with Gasteiger partial charge in [0.1, 0.15) is 12.3 Å². The molecular weight excluding hydrogens is 410 g/mol. The van der Waals surface area contributed by atoms with Crippen LogP contribution in [-0.2, 0) is 9.59 Å². The van der Waals surface area contributed by atoms with Crippen molar-refractivity contribution < 1.29 is 14.3 Å². The molecule has 1 saturated heterocycles. The fraction of sp³-hybridized carbons (Fsp3) is 0.300. The molecule has 1 fully saturated rings. The van der Waals surface area contributed by atoms with Crippen molar-refractivity contribution in [1.82, 2.24) is 4.90 Å². The molecule has 0 atom stereocenters. The quantitative estimate of drug-likeness (QED) is 0.751. The van der Waals surface area contributed by atoms with E-state index in [0.717, 1.165) is 17.6 Å². The first-order valence-corrected chi connectivity index (χ1v) is 9.71. The van der Waals surface area contributed by atoms with Crippen LogP contribution in [0.1, 0.15) is 0 Å². The maximum atomic E-state index is 12.8. The number of halogens is 1. The van der Waals surface area contributed by atoms with E-state index in [1.807, 2.05) is 35.2 Å². The van der Waals surface area contributed by atoms with Crippen LogP contribution >= 0.6 is 15.9 Å². The average molecular weight is 430 g/mol. The highest BCUT2D eigenvalue weighted by molar-refractivity contribution is 9.10. The molecule has 0 saturated carbocycles. The molecule has 4 rings (SSSR count). The molecule has 140 valence electrons. The fourth-order valence-corrected chi connectivity index (χ4v) is 3.78. The second-order valence-corrected chi connectivity index (χ2v) is 7.50. The third kappa shape index (κ3) is 3.78. The number of ether oxygens (including phenoxy) is 1. The molecule has 2 heterocycles. The lowest BCUT2D eigenvalue weighted by molar-refractivity contribution is -0.132. The van der Waals surface area contributed by atoms with E-state index in [1.165, 1.54) is 10.6 Å². The lowest BCUT2D eigenvalue weighted by Gasteiger charge is -2.37. The molecule has 0 spiro atoms. The summed E-state index contributed by atoms with van der Waals surface area (Å²) >= 11 is 3.40. The van der Waals surface area contributed by atoms with Gasteiger partial charge >= 0.3 is 0 Å². The molecule has 7 heteroatoms. The number of rotatable bonds is 3. The molecule has 2 aliphatic heterocycles. The zero-order valence-electron chi connectivity index (χ0n) is 14.8. The van der Waals surface area contributed by atoms with Crippen LogP contribution in [-0.4, -0.2) is 56.0 Å². The van der Waals surface area contributed by atoms with Crippen molar-refractivity contribution >= 4 is 39.1 Å². The number of carbonyl (C=O) groups excluding carboxylic acids is 2. The van der Waals surface area contributed by atoms with Gasteiger partial charge in [0, 0.05) is 36.3 Å². The minimum atomic E-state index is -0.193. The Morgan fingerprint density at radius 2 is 1.78 bits per heavy atom. The van der Waals surface area contributed by atoms with Crippen LogP contribution in [0.3, 0.4) is 0 Å². The van der Waals surface area contributed by atoms with Gasteiger partial charge in [0.05, 0.1) is 5.69 Å². The Labute approximate surface area is 166 Å². The van der Waals surface area contributed by atoms with Crippen LogP contribution in [0.4, 0.5) is 11.4 Å². The smallest absolute Gasteiger partial charge is 0.265 e. The summed E-state index contributed by atoms with van der Waals surface area (Å²) in [5.74, 6) is 0.388. The Hall–Kier alpha value is -2.54. The largest absolute Gasteiger partial charge is 0.482 e. The predicted molar refractivity (Wildman–Crippen MR) is 107 cm³/mol. The average Bonchev–Trinajstić information content (AvgIpc) is 2.71. The minimum Gasteiger partial charge on any atom is -0.482 e. The highest BCUT2D eigenvalue weighted by Gasteiger charge is 2.30. The highest BCUT2D eigenvalue weighted by Crippen LogP contribution is 2.34. The van der Waals surface area contributed by atoms with Crippen LogP contribution in [0.5, 0.6) is 5.75 Å². The minimum absolute atomic E-state index is 0.0353. The molecule has 0 N–H and O–H groups in total. The molecule has 27 heavy (non-hydrogen) atoms. The zero-order valence-corrected chi connectivity index (χ0v) is 16.4. The van der Waals surface area contributed by atoms with Crippen molar-refractivity contribution in [1.29, 1.82) is 0 Å². The van der Waals surface area contributed by atoms with E-state index >= 15 is 0 Å². The number of para-hydroxylation sites is 1. The molecule has 0 aliphatic carbocycles. The van der Waals surface area contributed by atoms with Gasteiger partial charge in [-0.15, -0.1) is 0 Å². The first-order valence-electron chi connectivity index (χ1n) is 8.92. The molecule has 0 bridgehead atoms. The molecule has 6 nitrogen and oxygen atoms in total. The highest BCUT2D eigenvalue weighted by atomic mass is 79.9. The Morgan fingerprint density at radius 1 is 1.04 bits per heavy atom. The van der Waals surface area contributed by atoms with Crippen molar-refractivity contribution in [2.24, 2.45) is 0 Å². The van der Waals surface area contributed by atoms with Crippen molar-refractivity contribution in [3.63, 3.8) is 0 Å². The van der Waals surface area contributed by atoms with Gasteiger partial charge in [0.15, 0.2) is 6.61 Å². The van der Waals surface area contributed by atoms with Gasteiger partial charge in [-0.3, -0.25) is 14.5 Å². The van der Waals surface area contributed by atoms with Crippen LogP contribution in [0.15, 0.2) is 53.0 Å². The van der Waals surface area contributed by atoms with Gasteiger partial charge in [-0.05, 0) is 30.3 Å². The van der Waals surface area contributed by atoms with Crippen molar-refractivity contribution in [3.8, 4) is 5.75 Å². The molecule has 2 aromatic rings. The van der Waals surface area contributed by atoms with Crippen molar-refractivity contribution in [2.75, 3.05) is 49.1 Å². The third-order valence-electron chi connectivity index (χ3n) is 4.91. The molecule has 0 radical (unpaired) electrons. The maximum Gasteiger partial charge on any atom is 0.265 e. The first kappa shape index (κ1) is 17.9. The summed E-state index contributed by atoms with van der Waals surface area (Å²) in [5.41, 5.74) is 1.82. The number of anilines is 2. The monoisotopic (exact) mass is 429 g/mol.